The molecular weight excluding hydrogens is 268 g/mol. The second-order valence-electron chi connectivity index (χ2n) is 6.50. The highest BCUT2D eigenvalue weighted by Crippen LogP contribution is 2.38. The second kappa shape index (κ2) is 6.02. The Morgan fingerprint density at radius 1 is 1.10 bits per heavy atom. The summed E-state index contributed by atoms with van der Waals surface area (Å²) in [6, 6.07) is 0.631. The fraction of sp³-hybridized carbons (Fsp3) is 0.867. The average molecular weight is 292 g/mol. The maximum atomic E-state index is 5.43. The molecule has 1 atom stereocenters. The molecule has 1 unspecified atom stereocenters. The van der Waals surface area contributed by atoms with Crippen molar-refractivity contribution in [3.05, 3.63) is 11.7 Å². The molecule has 0 spiro atoms. The van der Waals surface area contributed by atoms with Crippen LogP contribution >= 0.6 is 0 Å². The molecule has 6 heteroatoms. The normalized spacial score (nSPS) is 28.3. The Morgan fingerprint density at radius 3 is 2.76 bits per heavy atom. The minimum absolute atomic E-state index is 0.550. The summed E-state index contributed by atoms with van der Waals surface area (Å²) >= 11 is 0. The molecule has 1 aromatic heterocycles. The molecule has 1 aromatic rings. The SMILES string of the molecule is C1CC(CN2CCOCC2)N(Cc2noc(C3CC3)n2)C1. The lowest BCUT2D eigenvalue weighted by molar-refractivity contribution is 0.0259. The van der Waals surface area contributed by atoms with Gasteiger partial charge in [0.05, 0.1) is 19.8 Å². The third-order valence-corrected chi connectivity index (χ3v) is 4.83. The molecule has 116 valence electrons. The lowest BCUT2D eigenvalue weighted by Gasteiger charge is -2.32. The van der Waals surface area contributed by atoms with Crippen LogP contribution in [0.4, 0.5) is 0 Å². The van der Waals surface area contributed by atoms with Gasteiger partial charge in [-0.3, -0.25) is 9.80 Å². The summed E-state index contributed by atoms with van der Waals surface area (Å²) in [6.45, 7) is 7.03. The summed E-state index contributed by atoms with van der Waals surface area (Å²) in [5.74, 6) is 2.27. The molecule has 3 aliphatic rings. The molecule has 6 nitrogen and oxygen atoms in total. The van der Waals surface area contributed by atoms with Crippen molar-refractivity contribution in [2.45, 2.75) is 44.2 Å². The zero-order valence-electron chi connectivity index (χ0n) is 12.5. The van der Waals surface area contributed by atoms with Crippen molar-refractivity contribution in [2.75, 3.05) is 39.4 Å². The van der Waals surface area contributed by atoms with E-state index in [1.165, 1.54) is 25.7 Å². The van der Waals surface area contributed by atoms with Crippen LogP contribution in [0.3, 0.4) is 0 Å². The Balaban J connectivity index is 1.34. The van der Waals surface area contributed by atoms with Crippen molar-refractivity contribution in [1.29, 1.82) is 0 Å². The molecule has 2 saturated heterocycles. The van der Waals surface area contributed by atoms with Crippen molar-refractivity contribution < 1.29 is 9.26 Å². The van der Waals surface area contributed by atoms with Gasteiger partial charge in [0.15, 0.2) is 5.82 Å². The van der Waals surface area contributed by atoms with Crippen LogP contribution in [0.2, 0.25) is 0 Å². The highest BCUT2D eigenvalue weighted by atomic mass is 16.5. The first-order chi connectivity index (χ1) is 10.4. The van der Waals surface area contributed by atoms with Gasteiger partial charge in [0.1, 0.15) is 0 Å². The fourth-order valence-corrected chi connectivity index (χ4v) is 3.40. The number of hydrogen-bond acceptors (Lipinski definition) is 6. The Morgan fingerprint density at radius 2 is 1.95 bits per heavy atom. The molecule has 21 heavy (non-hydrogen) atoms. The maximum Gasteiger partial charge on any atom is 0.229 e. The number of nitrogens with zero attached hydrogens (tertiary/aromatic N) is 4. The largest absolute Gasteiger partial charge is 0.379 e. The van der Waals surface area contributed by atoms with Gasteiger partial charge in [-0.25, -0.2) is 0 Å². The van der Waals surface area contributed by atoms with E-state index in [4.69, 9.17) is 9.26 Å². The molecule has 4 rings (SSSR count). The first-order valence-electron chi connectivity index (χ1n) is 8.25. The number of hydrogen-bond donors (Lipinski definition) is 0. The van der Waals surface area contributed by atoms with Crippen molar-refractivity contribution in [3.8, 4) is 0 Å². The van der Waals surface area contributed by atoms with Crippen LogP contribution in [0.25, 0.3) is 0 Å². The monoisotopic (exact) mass is 292 g/mol. The zero-order chi connectivity index (χ0) is 14.1. The van der Waals surface area contributed by atoms with Crippen molar-refractivity contribution in [2.24, 2.45) is 0 Å². The van der Waals surface area contributed by atoms with Gasteiger partial charge in [-0.15, -0.1) is 0 Å². The highest BCUT2D eigenvalue weighted by Gasteiger charge is 2.31. The van der Waals surface area contributed by atoms with Crippen molar-refractivity contribution in [3.63, 3.8) is 0 Å². The lowest BCUT2D eigenvalue weighted by atomic mass is 10.2. The molecule has 3 fully saturated rings. The summed E-state index contributed by atoms with van der Waals surface area (Å²) in [4.78, 5) is 9.61. The van der Waals surface area contributed by atoms with E-state index in [1.807, 2.05) is 0 Å². The third-order valence-electron chi connectivity index (χ3n) is 4.83. The summed E-state index contributed by atoms with van der Waals surface area (Å²) in [7, 11) is 0. The molecule has 0 radical (unpaired) electrons. The van der Waals surface area contributed by atoms with E-state index in [-0.39, 0.29) is 0 Å². The zero-order valence-corrected chi connectivity index (χ0v) is 12.5. The summed E-state index contributed by atoms with van der Waals surface area (Å²) in [5, 5.41) is 4.16. The van der Waals surface area contributed by atoms with Crippen LogP contribution in [-0.2, 0) is 11.3 Å². The molecule has 0 amide bonds. The van der Waals surface area contributed by atoms with Crippen LogP contribution in [0.1, 0.15) is 43.3 Å². The van der Waals surface area contributed by atoms with Gasteiger partial charge >= 0.3 is 0 Å². The summed E-state index contributed by atoms with van der Waals surface area (Å²) in [5.41, 5.74) is 0. The Hall–Kier alpha value is -0.980. The fourth-order valence-electron chi connectivity index (χ4n) is 3.40. The molecular formula is C15H24N4O2. The Labute approximate surface area is 125 Å². The Kier molecular flexibility index (Phi) is 3.92. The molecule has 2 aliphatic heterocycles. The topological polar surface area (TPSA) is 54.6 Å². The van der Waals surface area contributed by atoms with Crippen LogP contribution in [-0.4, -0.2) is 65.4 Å². The van der Waals surface area contributed by atoms with Crippen LogP contribution in [0.15, 0.2) is 4.52 Å². The van der Waals surface area contributed by atoms with Crippen molar-refractivity contribution in [1.82, 2.24) is 19.9 Å². The van der Waals surface area contributed by atoms with Crippen LogP contribution < -0.4 is 0 Å². The smallest absolute Gasteiger partial charge is 0.229 e. The minimum atomic E-state index is 0.550. The van der Waals surface area contributed by atoms with E-state index in [1.54, 1.807) is 0 Å². The highest BCUT2D eigenvalue weighted by molar-refractivity contribution is 5.02. The van der Waals surface area contributed by atoms with Crippen LogP contribution in [0, 0.1) is 0 Å². The summed E-state index contributed by atoms with van der Waals surface area (Å²) in [6.07, 6.45) is 4.99. The van der Waals surface area contributed by atoms with Crippen molar-refractivity contribution >= 4 is 0 Å². The molecule has 3 heterocycles. The van der Waals surface area contributed by atoms with Gasteiger partial charge in [0.25, 0.3) is 0 Å². The molecule has 0 bridgehead atoms. The quantitative estimate of drug-likeness (QED) is 0.814. The van der Waals surface area contributed by atoms with Gasteiger partial charge in [-0.1, -0.05) is 5.16 Å². The van der Waals surface area contributed by atoms with E-state index in [0.29, 0.717) is 12.0 Å². The number of rotatable bonds is 5. The van der Waals surface area contributed by atoms with Gasteiger partial charge in [-0.05, 0) is 32.2 Å². The maximum absolute atomic E-state index is 5.43. The van der Waals surface area contributed by atoms with E-state index >= 15 is 0 Å². The lowest BCUT2D eigenvalue weighted by Crippen LogP contribution is -2.44. The van der Waals surface area contributed by atoms with E-state index < -0.39 is 0 Å². The van der Waals surface area contributed by atoms with E-state index in [0.717, 1.165) is 57.7 Å². The first kappa shape index (κ1) is 13.7. The number of ether oxygens (including phenoxy) is 1. The molecule has 1 saturated carbocycles. The second-order valence-corrected chi connectivity index (χ2v) is 6.50. The summed E-state index contributed by atoms with van der Waals surface area (Å²) < 4.78 is 10.8. The Bertz CT molecular complexity index is 468. The van der Waals surface area contributed by atoms with E-state index in [9.17, 15) is 0 Å². The van der Waals surface area contributed by atoms with E-state index in [2.05, 4.69) is 19.9 Å². The number of likely N-dealkylation sites (tertiary alicyclic amines) is 1. The van der Waals surface area contributed by atoms with Crippen LogP contribution in [0.5, 0.6) is 0 Å². The molecule has 0 N–H and O–H groups in total. The van der Waals surface area contributed by atoms with Gasteiger partial charge in [0, 0.05) is 31.6 Å². The number of morpholine rings is 1. The predicted molar refractivity (Wildman–Crippen MR) is 77.0 cm³/mol. The molecule has 1 aliphatic carbocycles. The predicted octanol–water partition coefficient (Wildman–Crippen LogP) is 1.24. The van der Waals surface area contributed by atoms with Gasteiger partial charge in [-0.2, -0.15) is 4.98 Å². The van der Waals surface area contributed by atoms with Gasteiger partial charge in [0.2, 0.25) is 5.89 Å². The minimum Gasteiger partial charge on any atom is -0.379 e. The third kappa shape index (κ3) is 3.27. The van der Waals surface area contributed by atoms with Gasteiger partial charge < -0.3 is 9.26 Å². The molecule has 0 aromatic carbocycles. The standard InChI is InChI=1S/C15H24N4O2/c1-2-13(10-18-6-8-20-9-7-18)19(5-1)11-14-16-15(21-17-14)12-3-4-12/h12-13H,1-11H2. The first-order valence-corrected chi connectivity index (χ1v) is 8.25. The average Bonchev–Trinajstić information content (AvgIpc) is 3.12. The number of aromatic nitrogens is 2.